The van der Waals surface area contributed by atoms with E-state index in [1.54, 1.807) is 4.90 Å². The molecule has 0 aromatic heterocycles. The van der Waals surface area contributed by atoms with Crippen LogP contribution in [-0.4, -0.2) is 23.9 Å². The number of para-hydroxylation sites is 2. The molecule has 0 bridgehead atoms. The van der Waals surface area contributed by atoms with Crippen LogP contribution in [0.5, 0.6) is 0 Å². The second-order valence-corrected chi connectivity index (χ2v) is 11.0. The number of amides is 2. The molecule has 0 radical (unpaired) electrons. The zero-order valence-electron chi connectivity index (χ0n) is 21.1. The zero-order chi connectivity index (χ0) is 25.5. The minimum atomic E-state index is -0.927. The molecule has 2 saturated heterocycles. The van der Waals surface area contributed by atoms with Crippen LogP contribution in [0.15, 0.2) is 83.9 Å². The van der Waals surface area contributed by atoms with E-state index in [0.29, 0.717) is 5.90 Å². The number of carbonyl (C=O) groups is 2. The van der Waals surface area contributed by atoms with E-state index >= 15 is 0 Å². The van der Waals surface area contributed by atoms with E-state index in [1.807, 2.05) is 112 Å². The van der Waals surface area contributed by atoms with Gasteiger partial charge in [-0.15, -0.1) is 0 Å². The van der Waals surface area contributed by atoms with Crippen molar-refractivity contribution in [3.63, 3.8) is 0 Å². The Morgan fingerprint density at radius 3 is 2.06 bits per heavy atom. The summed E-state index contributed by atoms with van der Waals surface area (Å²) < 4.78 is 6.78. The standard InChI is InChI=1S/C30H29N3O3/c1-19-16-17-23-22(18-19)30(29(4,5)26(35)33(30)21-14-10-7-11-15-21)24(31-23)36-27-28(2,3)25(34)32(27)20-12-8-6-9-13-20/h6-18,27H,1-5H3/t27-,30+/m1/s1. The molecule has 3 heterocycles. The van der Waals surface area contributed by atoms with Crippen molar-refractivity contribution in [2.75, 3.05) is 9.80 Å². The lowest BCUT2D eigenvalue weighted by atomic mass is 9.59. The number of rotatable bonds is 3. The number of carbonyl (C=O) groups excluding carboxylic acids is 2. The molecule has 6 rings (SSSR count). The second-order valence-electron chi connectivity index (χ2n) is 11.0. The predicted octanol–water partition coefficient (Wildman–Crippen LogP) is 5.72. The number of hydrogen-bond donors (Lipinski definition) is 0. The molecule has 2 fully saturated rings. The van der Waals surface area contributed by atoms with Crippen LogP contribution in [0.2, 0.25) is 0 Å². The third-order valence-corrected chi connectivity index (χ3v) is 7.94. The van der Waals surface area contributed by atoms with Gasteiger partial charge in [0.2, 0.25) is 17.7 Å². The Kier molecular flexibility index (Phi) is 4.56. The summed E-state index contributed by atoms with van der Waals surface area (Å²) in [6, 6.07) is 25.3. The van der Waals surface area contributed by atoms with Gasteiger partial charge in [0.1, 0.15) is 5.41 Å². The Balaban J connectivity index is 1.51. The summed E-state index contributed by atoms with van der Waals surface area (Å²) in [4.78, 5) is 35.3. The average Bonchev–Trinajstić information content (AvgIpc) is 3.20. The number of aryl methyl sites for hydroxylation is 1. The third kappa shape index (κ3) is 2.64. The molecule has 182 valence electrons. The fourth-order valence-electron chi connectivity index (χ4n) is 5.90. The van der Waals surface area contributed by atoms with Gasteiger partial charge in [0.05, 0.1) is 11.1 Å². The predicted molar refractivity (Wildman–Crippen MR) is 140 cm³/mol. The topological polar surface area (TPSA) is 62.2 Å². The first-order chi connectivity index (χ1) is 17.1. The smallest absolute Gasteiger partial charge is 0.241 e. The molecule has 3 aromatic carbocycles. The maximum atomic E-state index is 13.7. The van der Waals surface area contributed by atoms with Crippen LogP contribution < -0.4 is 9.80 Å². The molecule has 3 aliphatic rings. The SMILES string of the molecule is Cc1ccc2c(c1)[C@@]1(C(O[C@H]3N(c4ccccc4)C(=O)C3(C)C)=N2)N(c2ccccc2)C(=O)C1(C)C. The fourth-order valence-corrected chi connectivity index (χ4v) is 5.90. The summed E-state index contributed by atoms with van der Waals surface area (Å²) in [5, 5.41) is 0. The van der Waals surface area contributed by atoms with Crippen LogP contribution in [0, 0.1) is 17.8 Å². The Morgan fingerprint density at radius 1 is 0.806 bits per heavy atom. The normalized spacial score (nSPS) is 25.2. The average molecular weight is 480 g/mol. The molecule has 1 spiro atoms. The minimum absolute atomic E-state index is 0.00298. The van der Waals surface area contributed by atoms with Crippen LogP contribution in [0.1, 0.15) is 38.8 Å². The van der Waals surface area contributed by atoms with Crippen LogP contribution in [0.4, 0.5) is 17.1 Å². The van der Waals surface area contributed by atoms with Crippen LogP contribution in [0.25, 0.3) is 0 Å². The van der Waals surface area contributed by atoms with E-state index < -0.39 is 22.6 Å². The summed E-state index contributed by atoms with van der Waals surface area (Å²) in [6.45, 7) is 9.74. The van der Waals surface area contributed by atoms with Crippen molar-refractivity contribution in [3.8, 4) is 0 Å². The van der Waals surface area contributed by atoms with E-state index in [1.165, 1.54) is 0 Å². The van der Waals surface area contributed by atoms with Gasteiger partial charge in [0.15, 0.2) is 11.8 Å². The first-order valence-electron chi connectivity index (χ1n) is 12.3. The number of aliphatic imine (C=N–C) groups is 1. The number of anilines is 2. The molecule has 2 amide bonds. The molecule has 3 aromatic rings. The summed E-state index contributed by atoms with van der Waals surface area (Å²) in [5.41, 5.74) is 1.89. The summed E-state index contributed by atoms with van der Waals surface area (Å²) in [5.74, 6) is 0.440. The molecule has 6 heteroatoms. The molecular weight excluding hydrogens is 450 g/mol. The summed E-state index contributed by atoms with van der Waals surface area (Å²) in [7, 11) is 0. The highest BCUT2D eigenvalue weighted by Crippen LogP contribution is 2.63. The van der Waals surface area contributed by atoms with Gasteiger partial charge in [-0.25, -0.2) is 4.99 Å². The van der Waals surface area contributed by atoms with Gasteiger partial charge in [-0.3, -0.25) is 19.4 Å². The lowest BCUT2D eigenvalue weighted by Crippen LogP contribution is -2.78. The molecule has 0 aliphatic carbocycles. The molecular formula is C30H29N3O3. The van der Waals surface area contributed by atoms with Crippen LogP contribution >= 0.6 is 0 Å². The summed E-state index contributed by atoms with van der Waals surface area (Å²) in [6.07, 6.45) is -0.567. The second kappa shape index (κ2) is 7.29. The van der Waals surface area contributed by atoms with E-state index in [9.17, 15) is 9.59 Å². The van der Waals surface area contributed by atoms with Gasteiger partial charge in [-0.2, -0.15) is 0 Å². The maximum Gasteiger partial charge on any atom is 0.241 e. The largest absolute Gasteiger partial charge is 0.453 e. The number of β-lactam (4-membered cyclic amide) rings is 2. The Morgan fingerprint density at radius 2 is 1.42 bits per heavy atom. The van der Waals surface area contributed by atoms with Crippen molar-refractivity contribution >= 4 is 34.8 Å². The van der Waals surface area contributed by atoms with Gasteiger partial charge in [0.25, 0.3) is 0 Å². The highest BCUT2D eigenvalue weighted by Gasteiger charge is 2.74. The first kappa shape index (κ1) is 22.5. The molecule has 2 atom stereocenters. The monoisotopic (exact) mass is 479 g/mol. The maximum absolute atomic E-state index is 13.7. The number of benzene rings is 3. The van der Waals surface area contributed by atoms with E-state index in [-0.39, 0.29) is 11.8 Å². The van der Waals surface area contributed by atoms with Crippen molar-refractivity contribution in [1.82, 2.24) is 0 Å². The van der Waals surface area contributed by atoms with Gasteiger partial charge >= 0.3 is 0 Å². The third-order valence-electron chi connectivity index (χ3n) is 7.94. The molecule has 0 saturated carbocycles. The molecule has 0 N–H and O–H groups in total. The number of ether oxygens (including phenoxy) is 1. The molecule has 6 nitrogen and oxygen atoms in total. The van der Waals surface area contributed by atoms with Crippen molar-refractivity contribution < 1.29 is 14.3 Å². The van der Waals surface area contributed by atoms with Crippen molar-refractivity contribution in [3.05, 3.63) is 90.0 Å². The van der Waals surface area contributed by atoms with Crippen LogP contribution in [0.3, 0.4) is 0 Å². The number of hydrogen-bond acceptors (Lipinski definition) is 4. The van der Waals surface area contributed by atoms with E-state index in [2.05, 4.69) is 6.07 Å². The Hall–Kier alpha value is -3.93. The lowest BCUT2D eigenvalue weighted by molar-refractivity contribution is -0.151. The van der Waals surface area contributed by atoms with Crippen molar-refractivity contribution in [1.29, 1.82) is 0 Å². The van der Waals surface area contributed by atoms with Crippen molar-refractivity contribution in [2.45, 2.75) is 46.4 Å². The van der Waals surface area contributed by atoms with E-state index in [0.717, 1.165) is 28.2 Å². The summed E-state index contributed by atoms with van der Waals surface area (Å²) >= 11 is 0. The Labute approximate surface area is 211 Å². The first-order valence-corrected chi connectivity index (χ1v) is 12.3. The van der Waals surface area contributed by atoms with Gasteiger partial charge in [-0.1, -0.05) is 54.1 Å². The van der Waals surface area contributed by atoms with E-state index in [4.69, 9.17) is 9.73 Å². The van der Waals surface area contributed by atoms with Crippen LogP contribution in [-0.2, 0) is 19.9 Å². The van der Waals surface area contributed by atoms with Gasteiger partial charge in [-0.05, 0) is 65.0 Å². The Bertz CT molecular complexity index is 1430. The number of fused-ring (bicyclic) bond motifs is 2. The zero-order valence-corrected chi connectivity index (χ0v) is 21.1. The molecule has 3 aliphatic heterocycles. The minimum Gasteiger partial charge on any atom is -0.453 e. The number of nitrogens with zero attached hydrogens (tertiary/aromatic N) is 3. The highest BCUT2D eigenvalue weighted by atomic mass is 16.5. The highest BCUT2D eigenvalue weighted by molar-refractivity contribution is 6.20. The lowest BCUT2D eigenvalue weighted by Gasteiger charge is -2.62. The van der Waals surface area contributed by atoms with Gasteiger partial charge in [0, 0.05) is 16.9 Å². The quantitative estimate of drug-likeness (QED) is 0.451. The molecule has 36 heavy (non-hydrogen) atoms. The van der Waals surface area contributed by atoms with Crippen molar-refractivity contribution in [2.24, 2.45) is 15.8 Å². The molecule has 0 unspecified atom stereocenters. The van der Waals surface area contributed by atoms with Gasteiger partial charge < -0.3 is 4.74 Å². The fraction of sp³-hybridized carbons (Fsp3) is 0.300.